The van der Waals surface area contributed by atoms with E-state index in [1.807, 2.05) is 0 Å². The highest BCUT2D eigenvalue weighted by Gasteiger charge is 2.18. The lowest BCUT2D eigenvalue weighted by atomic mass is 10.2. The van der Waals surface area contributed by atoms with E-state index in [0.29, 0.717) is 27.9 Å². The Morgan fingerprint density at radius 3 is 3.00 bits per heavy atom. The Labute approximate surface area is 131 Å². The monoisotopic (exact) mass is 330 g/mol. The predicted octanol–water partition coefficient (Wildman–Crippen LogP) is 2.18. The van der Waals surface area contributed by atoms with Gasteiger partial charge in [-0.15, -0.1) is 0 Å². The molecule has 2 atom stereocenters. The summed E-state index contributed by atoms with van der Waals surface area (Å²) >= 11 is 5.79. The molecule has 0 radical (unpaired) electrons. The van der Waals surface area contributed by atoms with Gasteiger partial charge in [0.05, 0.1) is 17.5 Å². The van der Waals surface area contributed by atoms with Gasteiger partial charge in [0, 0.05) is 40.4 Å². The molecule has 1 aliphatic heterocycles. The molecule has 1 saturated heterocycles. The second-order valence-corrected chi connectivity index (χ2v) is 7.03. The summed E-state index contributed by atoms with van der Waals surface area (Å²) in [4.78, 5) is 11.8. The third-order valence-corrected chi connectivity index (χ3v) is 4.88. The first kappa shape index (κ1) is 16.3. The number of carbonyl (C=O) groups excluding carboxylic acids is 1. The smallest absolute Gasteiger partial charge is 0.225 e. The summed E-state index contributed by atoms with van der Waals surface area (Å²) < 4.78 is 17.3. The van der Waals surface area contributed by atoms with Gasteiger partial charge in [-0.1, -0.05) is 11.6 Å². The largest absolute Gasteiger partial charge is 0.397 e. The number of hydrogen-bond acceptors (Lipinski definition) is 4. The summed E-state index contributed by atoms with van der Waals surface area (Å²) in [5.74, 6) is 0.639. The summed E-state index contributed by atoms with van der Waals surface area (Å²) in [6, 6.07) is 4.88. The summed E-state index contributed by atoms with van der Waals surface area (Å²) in [7, 11) is -1.04. The first-order chi connectivity index (χ1) is 10.0. The number of ether oxygens (including phenoxy) is 1. The molecular formula is C14H19ClN2O3S. The highest BCUT2D eigenvalue weighted by Crippen LogP contribution is 2.22. The molecule has 7 heteroatoms. The molecule has 0 bridgehead atoms. The SMILES string of the molecule is Nc1cc(Cl)ccc1NC(=O)CCS(=O)CC1CCCO1. The Balaban J connectivity index is 1.75. The predicted molar refractivity (Wildman–Crippen MR) is 86.0 cm³/mol. The van der Waals surface area contributed by atoms with E-state index < -0.39 is 10.8 Å². The topological polar surface area (TPSA) is 81.4 Å². The molecule has 3 N–H and O–H groups in total. The number of nitrogens with one attached hydrogen (secondary N) is 1. The van der Waals surface area contributed by atoms with Crippen molar-refractivity contribution in [3.8, 4) is 0 Å². The van der Waals surface area contributed by atoms with Gasteiger partial charge in [-0.3, -0.25) is 9.00 Å². The van der Waals surface area contributed by atoms with Crippen molar-refractivity contribution in [1.29, 1.82) is 0 Å². The fourth-order valence-electron chi connectivity index (χ4n) is 2.13. The van der Waals surface area contributed by atoms with Crippen molar-refractivity contribution in [1.82, 2.24) is 0 Å². The van der Waals surface area contributed by atoms with Crippen molar-refractivity contribution in [3.05, 3.63) is 23.2 Å². The lowest BCUT2D eigenvalue weighted by Gasteiger charge is -2.10. The number of carbonyl (C=O) groups is 1. The van der Waals surface area contributed by atoms with Crippen molar-refractivity contribution in [2.75, 3.05) is 29.2 Å². The molecule has 2 rings (SSSR count). The van der Waals surface area contributed by atoms with Crippen LogP contribution in [0.5, 0.6) is 0 Å². The van der Waals surface area contributed by atoms with Crippen LogP contribution in [0.15, 0.2) is 18.2 Å². The van der Waals surface area contributed by atoms with Gasteiger partial charge in [-0.2, -0.15) is 0 Å². The molecule has 5 nitrogen and oxygen atoms in total. The molecule has 1 aromatic carbocycles. The highest BCUT2D eigenvalue weighted by molar-refractivity contribution is 7.85. The van der Waals surface area contributed by atoms with Crippen LogP contribution in [0.3, 0.4) is 0 Å². The van der Waals surface area contributed by atoms with E-state index in [9.17, 15) is 9.00 Å². The van der Waals surface area contributed by atoms with Gasteiger partial charge in [-0.05, 0) is 31.0 Å². The number of anilines is 2. The second kappa shape index (κ2) is 7.77. The van der Waals surface area contributed by atoms with E-state index in [1.54, 1.807) is 18.2 Å². The lowest BCUT2D eigenvalue weighted by Crippen LogP contribution is -2.21. The minimum atomic E-state index is -1.04. The average molecular weight is 331 g/mol. The fraction of sp³-hybridized carbons (Fsp3) is 0.500. The zero-order chi connectivity index (χ0) is 15.2. The van der Waals surface area contributed by atoms with E-state index in [-0.39, 0.29) is 18.4 Å². The van der Waals surface area contributed by atoms with Crippen LogP contribution in [0.4, 0.5) is 11.4 Å². The fourth-order valence-corrected chi connectivity index (χ4v) is 3.57. The standard InChI is InChI=1S/C14H19ClN2O3S/c15-10-3-4-13(12(16)8-10)17-14(18)5-7-21(19)9-11-2-1-6-20-11/h3-4,8,11H,1-2,5-7,9,16H2,(H,17,18). The van der Waals surface area contributed by atoms with Crippen molar-refractivity contribution < 1.29 is 13.7 Å². The molecule has 0 saturated carbocycles. The minimum Gasteiger partial charge on any atom is -0.397 e. The molecule has 0 spiro atoms. The Hall–Kier alpha value is -1.11. The lowest BCUT2D eigenvalue weighted by molar-refractivity contribution is -0.115. The van der Waals surface area contributed by atoms with Gasteiger partial charge < -0.3 is 15.8 Å². The van der Waals surface area contributed by atoms with Crippen LogP contribution in [0, 0.1) is 0 Å². The first-order valence-corrected chi connectivity index (χ1v) is 8.72. The molecular weight excluding hydrogens is 312 g/mol. The third kappa shape index (κ3) is 5.30. The zero-order valence-corrected chi connectivity index (χ0v) is 13.2. The van der Waals surface area contributed by atoms with E-state index in [1.165, 1.54) is 0 Å². The normalized spacial score (nSPS) is 19.4. The van der Waals surface area contributed by atoms with E-state index in [4.69, 9.17) is 22.1 Å². The van der Waals surface area contributed by atoms with Crippen molar-refractivity contribution >= 4 is 39.7 Å². The van der Waals surface area contributed by atoms with Crippen LogP contribution < -0.4 is 11.1 Å². The van der Waals surface area contributed by atoms with Gasteiger partial charge in [-0.25, -0.2) is 0 Å². The van der Waals surface area contributed by atoms with Crippen LogP contribution in [-0.4, -0.2) is 34.3 Å². The van der Waals surface area contributed by atoms with E-state index >= 15 is 0 Å². The zero-order valence-electron chi connectivity index (χ0n) is 11.6. The number of nitrogen functional groups attached to an aromatic ring is 1. The Morgan fingerprint density at radius 1 is 1.52 bits per heavy atom. The van der Waals surface area contributed by atoms with Gasteiger partial charge in [0.25, 0.3) is 0 Å². The van der Waals surface area contributed by atoms with Crippen LogP contribution >= 0.6 is 11.6 Å². The molecule has 116 valence electrons. The third-order valence-electron chi connectivity index (χ3n) is 3.24. The van der Waals surface area contributed by atoms with Crippen molar-refractivity contribution in [2.45, 2.75) is 25.4 Å². The summed E-state index contributed by atoms with van der Waals surface area (Å²) in [6.45, 7) is 0.748. The molecule has 0 aliphatic carbocycles. The molecule has 1 amide bonds. The van der Waals surface area contributed by atoms with Gasteiger partial charge in [0.2, 0.25) is 5.91 Å². The maximum Gasteiger partial charge on any atom is 0.225 e. The first-order valence-electron chi connectivity index (χ1n) is 6.86. The Bertz CT molecular complexity index is 533. The molecule has 2 unspecified atom stereocenters. The summed E-state index contributed by atoms with van der Waals surface area (Å²) in [6.07, 6.45) is 2.26. The average Bonchev–Trinajstić information content (AvgIpc) is 2.92. The van der Waals surface area contributed by atoms with Crippen LogP contribution in [0.25, 0.3) is 0 Å². The number of benzene rings is 1. The maximum atomic E-state index is 11.9. The van der Waals surface area contributed by atoms with E-state index in [0.717, 1.165) is 19.4 Å². The number of rotatable bonds is 6. The molecule has 0 aromatic heterocycles. The maximum absolute atomic E-state index is 11.9. The molecule has 1 aromatic rings. The molecule has 1 fully saturated rings. The van der Waals surface area contributed by atoms with Gasteiger partial charge in [0.1, 0.15) is 0 Å². The van der Waals surface area contributed by atoms with Crippen LogP contribution in [-0.2, 0) is 20.3 Å². The van der Waals surface area contributed by atoms with Gasteiger partial charge in [0.15, 0.2) is 0 Å². The van der Waals surface area contributed by atoms with Gasteiger partial charge >= 0.3 is 0 Å². The highest BCUT2D eigenvalue weighted by atomic mass is 35.5. The Kier molecular flexibility index (Phi) is 6.02. The minimum absolute atomic E-state index is 0.0841. The number of halogens is 1. The van der Waals surface area contributed by atoms with Crippen molar-refractivity contribution in [3.63, 3.8) is 0 Å². The number of amides is 1. The second-order valence-electron chi connectivity index (χ2n) is 4.98. The Morgan fingerprint density at radius 2 is 2.33 bits per heavy atom. The molecule has 21 heavy (non-hydrogen) atoms. The quantitative estimate of drug-likeness (QED) is 0.783. The number of nitrogens with two attached hydrogens (primary N) is 1. The molecule has 1 heterocycles. The number of hydrogen-bond donors (Lipinski definition) is 2. The van der Waals surface area contributed by atoms with Crippen LogP contribution in [0.1, 0.15) is 19.3 Å². The summed E-state index contributed by atoms with van der Waals surface area (Å²) in [5, 5.41) is 3.21. The van der Waals surface area contributed by atoms with Crippen molar-refractivity contribution in [2.24, 2.45) is 0 Å². The van der Waals surface area contributed by atoms with E-state index in [2.05, 4.69) is 5.32 Å². The van der Waals surface area contributed by atoms with Crippen LogP contribution in [0.2, 0.25) is 5.02 Å². The summed E-state index contributed by atoms with van der Waals surface area (Å²) in [5.41, 5.74) is 6.69. The molecule has 1 aliphatic rings.